The lowest BCUT2D eigenvalue weighted by Gasteiger charge is -2.35. The standard InChI is InChI=1S/C50H51N3Si3/c1-54(2,3)46-22-13-10-19-43(46)52(38-18-16-17-35(33-38)34-51)41-31-27-36-26-30-40-42(32-28-37-25-29-39(41)49(36)50(37)40)53(44-20-11-14-23-47(44)55(4,5)6)45-21-12-15-24-48(45)56(7,8)9/h10-33H,1-9H3. The van der Waals surface area contributed by atoms with Crippen LogP contribution in [0.3, 0.4) is 0 Å². The van der Waals surface area contributed by atoms with Crippen molar-refractivity contribution in [2.75, 3.05) is 9.80 Å². The fourth-order valence-corrected chi connectivity index (χ4v) is 13.3. The van der Waals surface area contributed by atoms with Crippen LogP contribution in [-0.4, -0.2) is 24.2 Å². The zero-order valence-corrected chi connectivity index (χ0v) is 37.2. The predicted molar refractivity (Wildman–Crippen MR) is 253 cm³/mol. The maximum absolute atomic E-state index is 10.0. The van der Waals surface area contributed by atoms with Gasteiger partial charge in [0.25, 0.3) is 0 Å². The molecule has 0 fully saturated rings. The Morgan fingerprint density at radius 1 is 0.393 bits per heavy atom. The second-order valence-electron chi connectivity index (χ2n) is 18.2. The Kier molecular flexibility index (Phi) is 9.32. The van der Waals surface area contributed by atoms with Crippen LogP contribution >= 0.6 is 0 Å². The van der Waals surface area contributed by atoms with Crippen molar-refractivity contribution in [1.29, 1.82) is 5.26 Å². The van der Waals surface area contributed by atoms with Gasteiger partial charge < -0.3 is 9.80 Å². The number of benzene rings is 8. The average Bonchev–Trinajstić information content (AvgIpc) is 3.17. The Morgan fingerprint density at radius 2 is 0.786 bits per heavy atom. The van der Waals surface area contributed by atoms with Crippen molar-refractivity contribution in [3.8, 4) is 6.07 Å². The molecule has 8 aromatic rings. The average molecular weight is 778 g/mol. The van der Waals surface area contributed by atoms with Crippen molar-refractivity contribution < 1.29 is 0 Å². The minimum Gasteiger partial charge on any atom is -0.310 e. The molecule has 8 aromatic carbocycles. The van der Waals surface area contributed by atoms with Gasteiger partial charge in [0.15, 0.2) is 0 Å². The van der Waals surface area contributed by atoms with E-state index in [1.807, 2.05) is 18.2 Å². The third-order valence-electron chi connectivity index (χ3n) is 11.2. The summed E-state index contributed by atoms with van der Waals surface area (Å²) in [7, 11) is -5.31. The van der Waals surface area contributed by atoms with Gasteiger partial charge in [0, 0.05) is 33.5 Å². The van der Waals surface area contributed by atoms with Crippen LogP contribution in [-0.2, 0) is 0 Å². The molecule has 0 aliphatic heterocycles. The monoisotopic (exact) mass is 777 g/mol. The molecule has 8 rings (SSSR count). The molecule has 0 radical (unpaired) electrons. The first kappa shape index (κ1) is 37.5. The molecule has 278 valence electrons. The van der Waals surface area contributed by atoms with Crippen molar-refractivity contribution in [1.82, 2.24) is 0 Å². The summed E-state index contributed by atoms with van der Waals surface area (Å²) in [6.45, 7) is 22.0. The summed E-state index contributed by atoms with van der Waals surface area (Å²) >= 11 is 0. The second-order valence-corrected chi connectivity index (χ2v) is 33.3. The maximum Gasteiger partial charge on any atom is 0.0992 e. The molecule has 0 saturated heterocycles. The minimum atomic E-state index is -1.79. The van der Waals surface area contributed by atoms with E-state index in [-0.39, 0.29) is 0 Å². The van der Waals surface area contributed by atoms with Crippen LogP contribution in [0.1, 0.15) is 5.56 Å². The lowest BCUT2D eigenvalue weighted by atomic mass is 9.91. The number of hydrogen-bond donors (Lipinski definition) is 0. The summed E-state index contributed by atoms with van der Waals surface area (Å²) in [5, 5.41) is 21.8. The Hall–Kier alpha value is -5.46. The highest BCUT2D eigenvalue weighted by Crippen LogP contribution is 2.47. The zero-order chi connectivity index (χ0) is 39.6. The summed E-state index contributed by atoms with van der Waals surface area (Å²) < 4.78 is 0. The fourth-order valence-electron chi connectivity index (χ4n) is 8.58. The maximum atomic E-state index is 10.0. The highest BCUT2D eigenvalue weighted by atomic mass is 28.3. The van der Waals surface area contributed by atoms with E-state index in [0.29, 0.717) is 5.56 Å². The summed E-state index contributed by atoms with van der Waals surface area (Å²) in [5.74, 6) is 0. The Bertz CT molecular complexity index is 2740. The molecule has 56 heavy (non-hydrogen) atoms. The highest BCUT2D eigenvalue weighted by molar-refractivity contribution is 6.91. The van der Waals surface area contributed by atoms with Crippen molar-refractivity contribution in [3.63, 3.8) is 0 Å². The van der Waals surface area contributed by atoms with E-state index in [1.54, 1.807) is 0 Å². The Balaban J connectivity index is 1.46. The van der Waals surface area contributed by atoms with Crippen molar-refractivity contribution in [2.24, 2.45) is 0 Å². The van der Waals surface area contributed by atoms with Crippen molar-refractivity contribution in [2.45, 2.75) is 58.9 Å². The quantitative estimate of drug-likeness (QED) is 0.108. The molecule has 0 aromatic heterocycles. The van der Waals surface area contributed by atoms with Gasteiger partial charge in [-0.3, -0.25) is 0 Å². The van der Waals surface area contributed by atoms with Crippen LogP contribution in [0.4, 0.5) is 34.1 Å². The number of nitrogens with zero attached hydrogens (tertiary/aromatic N) is 3. The third kappa shape index (κ3) is 6.54. The molecule has 0 aliphatic carbocycles. The van der Waals surface area contributed by atoms with Crippen LogP contribution < -0.4 is 25.4 Å². The molecule has 3 nitrogen and oxygen atoms in total. The first-order valence-electron chi connectivity index (χ1n) is 19.8. The summed E-state index contributed by atoms with van der Waals surface area (Å²) in [6.07, 6.45) is 0. The predicted octanol–water partition coefficient (Wildman–Crippen LogP) is 13.0. The molecule has 0 heterocycles. The molecule has 0 amide bonds. The molecule has 0 spiro atoms. The van der Waals surface area contributed by atoms with Crippen LogP contribution in [0.15, 0.2) is 146 Å². The molecule has 0 unspecified atom stereocenters. The molecule has 0 saturated carbocycles. The van der Waals surface area contributed by atoms with Gasteiger partial charge in [0.05, 0.1) is 47.2 Å². The SMILES string of the molecule is C[Si](C)(C)c1ccccc1N(c1cccc(C#N)c1)c1ccc2ccc3c(N(c4ccccc4[Si](C)(C)C)c4ccccc4[Si](C)(C)C)ccc4ccc1c2c43. The fraction of sp³-hybridized carbons (Fsp3) is 0.180. The molecule has 0 aliphatic rings. The van der Waals surface area contributed by atoms with Gasteiger partial charge in [0.1, 0.15) is 0 Å². The molecular weight excluding hydrogens is 727 g/mol. The van der Waals surface area contributed by atoms with E-state index in [9.17, 15) is 5.26 Å². The number of hydrogen-bond acceptors (Lipinski definition) is 3. The van der Waals surface area contributed by atoms with Gasteiger partial charge in [-0.25, -0.2) is 0 Å². The van der Waals surface area contributed by atoms with Crippen LogP contribution in [0.25, 0.3) is 32.3 Å². The van der Waals surface area contributed by atoms with Gasteiger partial charge in [0.2, 0.25) is 0 Å². The Morgan fingerprint density at radius 3 is 1.21 bits per heavy atom. The van der Waals surface area contributed by atoms with E-state index in [4.69, 9.17) is 0 Å². The Labute approximate surface area is 335 Å². The van der Waals surface area contributed by atoms with E-state index in [2.05, 4.69) is 202 Å². The topological polar surface area (TPSA) is 30.3 Å². The number of para-hydroxylation sites is 3. The van der Waals surface area contributed by atoms with Crippen molar-refractivity contribution in [3.05, 3.63) is 151 Å². The highest BCUT2D eigenvalue weighted by Gasteiger charge is 2.31. The molecule has 0 atom stereocenters. The lowest BCUT2D eigenvalue weighted by molar-refractivity contribution is 1.30. The van der Waals surface area contributed by atoms with Gasteiger partial charge in [-0.2, -0.15) is 5.26 Å². The minimum absolute atomic E-state index is 0.651. The first-order valence-corrected chi connectivity index (χ1v) is 30.3. The van der Waals surface area contributed by atoms with Gasteiger partial charge in [-0.15, -0.1) is 0 Å². The normalized spacial score (nSPS) is 12.4. The van der Waals surface area contributed by atoms with E-state index in [1.165, 1.54) is 70.6 Å². The van der Waals surface area contributed by atoms with Crippen LogP contribution in [0, 0.1) is 11.3 Å². The third-order valence-corrected chi connectivity index (χ3v) is 17.3. The smallest absolute Gasteiger partial charge is 0.0992 e. The first-order chi connectivity index (χ1) is 26.7. The van der Waals surface area contributed by atoms with Crippen LogP contribution in [0.2, 0.25) is 58.9 Å². The molecule has 0 N–H and O–H groups in total. The van der Waals surface area contributed by atoms with E-state index in [0.717, 1.165) is 11.4 Å². The van der Waals surface area contributed by atoms with Gasteiger partial charge in [-0.1, -0.05) is 156 Å². The summed E-state index contributed by atoms with van der Waals surface area (Å²) in [4.78, 5) is 5.00. The van der Waals surface area contributed by atoms with Crippen molar-refractivity contribution >= 4 is 106 Å². The van der Waals surface area contributed by atoms with Crippen LogP contribution in [0.5, 0.6) is 0 Å². The second kappa shape index (κ2) is 13.9. The molecular formula is C50H51N3Si3. The van der Waals surface area contributed by atoms with Gasteiger partial charge >= 0.3 is 0 Å². The van der Waals surface area contributed by atoms with Gasteiger partial charge in [-0.05, 0) is 85.6 Å². The summed E-state index contributed by atoms with van der Waals surface area (Å²) in [5.41, 5.74) is 7.69. The summed E-state index contributed by atoms with van der Waals surface area (Å²) in [6, 6.07) is 56.1. The number of anilines is 6. The largest absolute Gasteiger partial charge is 0.310 e. The van der Waals surface area contributed by atoms with E-state index >= 15 is 0 Å². The number of rotatable bonds is 9. The molecule has 6 heteroatoms. The zero-order valence-electron chi connectivity index (χ0n) is 34.2. The lowest BCUT2D eigenvalue weighted by Crippen LogP contribution is -2.43. The van der Waals surface area contributed by atoms with E-state index < -0.39 is 24.2 Å². The number of nitriles is 1. The molecule has 0 bridgehead atoms.